The second-order valence-corrected chi connectivity index (χ2v) is 6.14. The Kier molecular flexibility index (Phi) is 3.50. The van der Waals surface area contributed by atoms with Gasteiger partial charge in [-0.3, -0.25) is 4.90 Å². The molecule has 19 heavy (non-hydrogen) atoms. The minimum atomic E-state index is 0.0349. The van der Waals surface area contributed by atoms with Crippen molar-refractivity contribution in [3.63, 3.8) is 0 Å². The van der Waals surface area contributed by atoms with E-state index in [9.17, 15) is 0 Å². The Bertz CT molecular complexity index is 460. The van der Waals surface area contributed by atoms with Crippen LogP contribution in [0, 0.1) is 0 Å². The average Bonchev–Trinajstić information content (AvgIpc) is 2.86. The van der Waals surface area contributed by atoms with Gasteiger partial charge in [0.05, 0.1) is 5.60 Å². The van der Waals surface area contributed by atoms with Gasteiger partial charge < -0.3 is 10.1 Å². The third kappa shape index (κ3) is 2.77. The fourth-order valence-electron chi connectivity index (χ4n) is 3.30. The number of anilines is 1. The number of nitrogens with zero attached hydrogens (tertiary/aromatic N) is 1. The number of benzene rings is 1. The van der Waals surface area contributed by atoms with Crippen LogP contribution in [0.25, 0.3) is 0 Å². The highest BCUT2D eigenvalue weighted by Crippen LogP contribution is 2.27. The van der Waals surface area contributed by atoms with Crippen LogP contribution in [0.3, 0.4) is 0 Å². The minimum absolute atomic E-state index is 0.0349. The third-order valence-electron chi connectivity index (χ3n) is 4.52. The number of rotatable bonds is 3. The topological polar surface area (TPSA) is 24.5 Å². The second-order valence-electron chi connectivity index (χ2n) is 6.14. The Labute approximate surface area is 115 Å². The van der Waals surface area contributed by atoms with Crippen molar-refractivity contribution < 1.29 is 4.74 Å². The zero-order valence-electron chi connectivity index (χ0n) is 12.0. The predicted molar refractivity (Wildman–Crippen MR) is 78.6 cm³/mol. The molecule has 1 fully saturated rings. The summed E-state index contributed by atoms with van der Waals surface area (Å²) in [4.78, 5) is 2.52. The van der Waals surface area contributed by atoms with E-state index in [0.717, 1.165) is 19.6 Å². The molecule has 1 aromatic rings. The van der Waals surface area contributed by atoms with Crippen LogP contribution in [0.5, 0.6) is 0 Å². The molecule has 0 spiro atoms. The quantitative estimate of drug-likeness (QED) is 0.904. The number of hydrogen-bond donors (Lipinski definition) is 1. The molecule has 2 heterocycles. The summed E-state index contributed by atoms with van der Waals surface area (Å²) in [7, 11) is 1.84. The van der Waals surface area contributed by atoms with Crippen molar-refractivity contribution in [2.45, 2.75) is 38.3 Å². The first kappa shape index (κ1) is 12.9. The second kappa shape index (κ2) is 5.14. The normalized spacial score (nSPS) is 27.1. The Morgan fingerprint density at radius 3 is 3.16 bits per heavy atom. The molecule has 1 saturated heterocycles. The molecule has 104 valence electrons. The van der Waals surface area contributed by atoms with Crippen LogP contribution < -0.4 is 5.32 Å². The average molecular weight is 260 g/mol. The van der Waals surface area contributed by atoms with Crippen LogP contribution in [0.1, 0.15) is 30.9 Å². The largest absolute Gasteiger partial charge is 0.384 e. The lowest BCUT2D eigenvalue weighted by molar-refractivity contribution is -0.0526. The van der Waals surface area contributed by atoms with Crippen LogP contribution in [0.15, 0.2) is 18.2 Å². The number of ether oxygens (including phenoxy) is 1. The Morgan fingerprint density at radius 2 is 2.32 bits per heavy atom. The monoisotopic (exact) mass is 260 g/mol. The molecule has 2 aliphatic heterocycles. The maximum Gasteiger partial charge on any atom is 0.0777 e. The van der Waals surface area contributed by atoms with Gasteiger partial charge in [0, 0.05) is 32.4 Å². The lowest BCUT2D eigenvalue weighted by atomic mass is 9.94. The molecule has 0 amide bonds. The van der Waals surface area contributed by atoms with E-state index in [1.54, 1.807) is 0 Å². The van der Waals surface area contributed by atoms with Gasteiger partial charge in [-0.05, 0) is 49.9 Å². The van der Waals surface area contributed by atoms with Crippen LogP contribution in [0.4, 0.5) is 5.69 Å². The van der Waals surface area contributed by atoms with Crippen molar-refractivity contribution in [3.8, 4) is 0 Å². The Morgan fingerprint density at radius 1 is 1.42 bits per heavy atom. The molecule has 1 N–H and O–H groups in total. The van der Waals surface area contributed by atoms with Gasteiger partial charge in [-0.15, -0.1) is 0 Å². The molecule has 3 nitrogen and oxygen atoms in total. The highest BCUT2D eigenvalue weighted by Gasteiger charge is 2.30. The van der Waals surface area contributed by atoms with Crippen molar-refractivity contribution in [1.29, 1.82) is 0 Å². The van der Waals surface area contributed by atoms with Gasteiger partial charge in [0.1, 0.15) is 0 Å². The van der Waals surface area contributed by atoms with Crippen LogP contribution in [0.2, 0.25) is 0 Å². The van der Waals surface area contributed by atoms with E-state index >= 15 is 0 Å². The zero-order chi connectivity index (χ0) is 13.3. The molecular weight excluding hydrogens is 236 g/mol. The molecule has 0 aliphatic carbocycles. The van der Waals surface area contributed by atoms with Crippen LogP contribution in [-0.2, 0) is 17.7 Å². The van der Waals surface area contributed by atoms with E-state index in [1.165, 1.54) is 42.6 Å². The molecule has 1 aromatic carbocycles. The van der Waals surface area contributed by atoms with E-state index < -0.39 is 0 Å². The van der Waals surface area contributed by atoms with Gasteiger partial charge in [0.2, 0.25) is 0 Å². The van der Waals surface area contributed by atoms with Gasteiger partial charge in [-0.2, -0.15) is 0 Å². The fourth-order valence-corrected chi connectivity index (χ4v) is 3.30. The summed E-state index contributed by atoms with van der Waals surface area (Å²) < 4.78 is 5.67. The first-order chi connectivity index (χ1) is 9.18. The molecule has 2 aliphatic rings. The summed E-state index contributed by atoms with van der Waals surface area (Å²) in [6, 6.07) is 6.88. The van der Waals surface area contributed by atoms with Crippen molar-refractivity contribution >= 4 is 5.69 Å². The maximum atomic E-state index is 5.67. The summed E-state index contributed by atoms with van der Waals surface area (Å²) >= 11 is 0. The molecular formula is C16H24N2O. The van der Waals surface area contributed by atoms with Gasteiger partial charge >= 0.3 is 0 Å². The molecule has 3 rings (SSSR count). The number of fused-ring (bicyclic) bond motifs is 1. The van der Waals surface area contributed by atoms with Gasteiger partial charge in [-0.25, -0.2) is 0 Å². The van der Waals surface area contributed by atoms with Crippen molar-refractivity contribution in [2.75, 3.05) is 32.1 Å². The number of likely N-dealkylation sites (tertiary alicyclic amines) is 1. The summed E-state index contributed by atoms with van der Waals surface area (Å²) in [5, 5.41) is 3.46. The first-order valence-electron chi connectivity index (χ1n) is 7.32. The summed E-state index contributed by atoms with van der Waals surface area (Å²) in [5.74, 6) is 0. The molecule has 0 aromatic heterocycles. The minimum Gasteiger partial charge on any atom is -0.384 e. The maximum absolute atomic E-state index is 5.67. The number of piperidine rings is 1. The first-order valence-corrected chi connectivity index (χ1v) is 7.32. The Balaban J connectivity index is 1.68. The van der Waals surface area contributed by atoms with Gasteiger partial charge in [-0.1, -0.05) is 12.1 Å². The van der Waals surface area contributed by atoms with Crippen molar-refractivity contribution in [2.24, 2.45) is 0 Å². The molecule has 1 unspecified atom stereocenters. The van der Waals surface area contributed by atoms with E-state index in [4.69, 9.17) is 4.74 Å². The van der Waals surface area contributed by atoms with E-state index in [0.29, 0.717) is 0 Å². The van der Waals surface area contributed by atoms with Crippen LogP contribution in [-0.4, -0.2) is 37.2 Å². The highest BCUT2D eigenvalue weighted by atomic mass is 16.5. The van der Waals surface area contributed by atoms with E-state index in [-0.39, 0.29) is 5.60 Å². The molecule has 1 atom stereocenters. The Hall–Kier alpha value is -1.06. The van der Waals surface area contributed by atoms with Crippen molar-refractivity contribution in [1.82, 2.24) is 4.90 Å². The van der Waals surface area contributed by atoms with Crippen molar-refractivity contribution in [3.05, 3.63) is 29.3 Å². The SMILES string of the molecule is COC1(C)CCCN(Cc2ccc3c(c2)NCC3)C1. The summed E-state index contributed by atoms with van der Waals surface area (Å²) in [6.07, 6.45) is 3.57. The highest BCUT2D eigenvalue weighted by molar-refractivity contribution is 5.57. The van der Waals surface area contributed by atoms with E-state index in [2.05, 4.69) is 35.3 Å². The van der Waals surface area contributed by atoms with Crippen LogP contribution >= 0.6 is 0 Å². The standard InChI is InChI=1S/C16H24N2O/c1-16(19-2)7-3-9-18(12-16)11-13-4-5-14-6-8-17-15(14)10-13/h4-5,10,17H,3,6-9,11-12H2,1-2H3. The third-order valence-corrected chi connectivity index (χ3v) is 4.52. The smallest absolute Gasteiger partial charge is 0.0777 e. The van der Waals surface area contributed by atoms with Gasteiger partial charge in [0.25, 0.3) is 0 Å². The number of methoxy groups -OCH3 is 1. The lowest BCUT2D eigenvalue weighted by Gasteiger charge is -2.39. The zero-order valence-corrected chi connectivity index (χ0v) is 12.0. The molecule has 3 heteroatoms. The summed E-state index contributed by atoms with van der Waals surface area (Å²) in [5.41, 5.74) is 4.24. The number of nitrogens with one attached hydrogen (secondary N) is 1. The lowest BCUT2D eigenvalue weighted by Crippen LogP contribution is -2.46. The molecule has 0 bridgehead atoms. The molecule has 0 radical (unpaired) electrons. The van der Waals surface area contributed by atoms with Gasteiger partial charge in [0.15, 0.2) is 0 Å². The fraction of sp³-hybridized carbons (Fsp3) is 0.625. The van der Waals surface area contributed by atoms with E-state index in [1.807, 2.05) is 7.11 Å². The predicted octanol–water partition coefficient (Wildman–Crippen LogP) is 2.66. The summed E-state index contributed by atoms with van der Waals surface area (Å²) in [6.45, 7) is 6.57. The molecule has 0 saturated carbocycles. The number of hydrogen-bond acceptors (Lipinski definition) is 3.